The molecule has 83 heavy (non-hydrogen) atoms. The first kappa shape index (κ1) is 76.7. The van der Waals surface area contributed by atoms with Crippen molar-refractivity contribution in [2.75, 3.05) is 70.7 Å². The first-order valence-electron chi connectivity index (χ1n) is 21.8. The number of carbonyl (C=O) groups is 5. The van der Waals surface area contributed by atoms with E-state index in [0.717, 1.165) is 35.4 Å². The minimum absolute atomic E-state index is 0. The third kappa shape index (κ3) is 25.5. The lowest BCUT2D eigenvalue weighted by atomic mass is 10.2. The number of aromatic nitrogens is 8. The Balaban J connectivity index is 0. The second-order valence-corrected chi connectivity index (χ2v) is 22.2. The highest BCUT2D eigenvalue weighted by atomic mass is 36.0. The van der Waals surface area contributed by atoms with E-state index in [0.29, 0.717) is 34.3 Å². The Hall–Kier alpha value is -8.36. The molecule has 0 bridgehead atoms. The molecule has 0 aliphatic carbocycles. The van der Waals surface area contributed by atoms with E-state index in [1.807, 2.05) is 4.98 Å². The molecule has 1 aromatic carbocycles. The van der Waals surface area contributed by atoms with Gasteiger partial charge in [-0.15, -0.1) is 0 Å². The van der Waals surface area contributed by atoms with E-state index in [2.05, 4.69) is 95.2 Å². The van der Waals surface area contributed by atoms with E-state index in [9.17, 15) is 38.1 Å². The minimum atomic E-state index is -3.22. The number of H-pyrrole nitrogens is 2. The number of aromatic amines is 2. The van der Waals surface area contributed by atoms with Crippen LogP contribution in [-0.2, 0) is 15.9 Å². The number of hydrogen-bond donors (Lipinski definition) is 15. The number of aromatic carboxylic acids is 1. The number of carboxylic acids is 1. The van der Waals surface area contributed by atoms with Crippen molar-refractivity contribution in [2.24, 2.45) is 17.3 Å². The van der Waals surface area contributed by atoms with Gasteiger partial charge in [-0.1, -0.05) is 30.6 Å². The van der Waals surface area contributed by atoms with Gasteiger partial charge in [-0.3, -0.25) is 38.3 Å². The number of methoxy groups -OCH3 is 2. The predicted molar refractivity (Wildman–Crippen MR) is 321 cm³/mol. The Labute approximate surface area is 502 Å². The number of benzene rings is 1. The first-order chi connectivity index (χ1) is 38.3. The van der Waals surface area contributed by atoms with Crippen LogP contribution in [0.25, 0.3) is 0 Å². The van der Waals surface area contributed by atoms with E-state index in [1.54, 1.807) is 46.5 Å². The topological polar surface area (TPSA) is 521 Å². The summed E-state index contributed by atoms with van der Waals surface area (Å²) in [5, 5.41) is 47.4. The van der Waals surface area contributed by atoms with Gasteiger partial charge in [-0.25, -0.2) is 40.5 Å². The molecule has 0 radical (unpaired) electrons. The molecule has 5 aromatic rings. The number of hydrazine groups is 1. The standard InChI is InChI=1S/C16H18ClN5O3.C8H10N4O2.C7H6Cl2N4O.C7H8N4O3.C5H12N4O.CH4.Cl3OP/c1-19-14-11(7-18)13(17)21-15(22-14)16(23)20-8-9-4-5-10(24-2)6-12(9)25-3;1-4(13)6-11-7(10-2)5(3-9)8(14)12-6;1-11-6-3(2-10)4(8)12-7(13-6)5(9)14;1-9-4-3(2-8)6(12)11-5(10-4)7(13)14;1-3(5(7)10)4(6)9(2)8;;1-5(2,3)4/h4-7,18H,8H2,1-3H3,(H,20,23)(H,19,21,22);3,9H,1-2H3,(H2,10,11,12,14);2,10H,1H3,(H,11,12,13);2,8H,1H3,(H,13,14)(H2,9,10,11,12);6,8H2,1-2H3,(H2,7,10);1H4;/b;;;;4-3+;;. The third-order valence-electron chi connectivity index (χ3n) is 9.22. The second-order valence-electron chi connectivity index (χ2n) is 14.5. The van der Waals surface area contributed by atoms with Crippen LogP contribution in [0.15, 0.2) is 39.2 Å². The quantitative estimate of drug-likeness (QED) is 0.00793. The zero-order valence-corrected chi connectivity index (χ0v) is 49.8. The lowest BCUT2D eigenvalue weighted by molar-refractivity contribution is -0.114. The Bertz CT molecular complexity index is 3270. The molecule has 0 saturated heterocycles. The third-order valence-corrected chi connectivity index (χ3v) is 9.96. The summed E-state index contributed by atoms with van der Waals surface area (Å²) in [4.78, 5) is 105. The first-order valence-corrected chi connectivity index (χ1v) is 27.4. The van der Waals surface area contributed by atoms with Gasteiger partial charge in [0.25, 0.3) is 22.3 Å². The van der Waals surface area contributed by atoms with E-state index < -0.39 is 45.2 Å². The molecule has 5 rings (SSSR count). The highest BCUT2D eigenvalue weighted by Gasteiger charge is 2.18. The molecule has 4 aromatic heterocycles. The number of Topliss-reactive ketones (excluding diaryl/α,β-unsaturated/α-hetero) is 1. The summed E-state index contributed by atoms with van der Waals surface area (Å²) in [5.74, 6) is 4.11. The zero-order valence-electron chi connectivity index (χ0n) is 44.4. The molecule has 18 N–H and O–H groups in total. The molecule has 0 saturated carbocycles. The number of hydrogen-bond acceptors (Lipinski definition) is 27. The molecule has 0 atom stereocenters. The summed E-state index contributed by atoms with van der Waals surface area (Å²) in [6.07, 6.45) is 3.72. The van der Waals surface area contributed by atoms with Crippen LogP contribution in [0, 0.1) is 21.6 Å². The molecular weight excluding hydrogens is 1240 g/mol. The number of ether oxygens (including phenoxy) is 2. The largest absolute Gasteiger partial charge is 0.497 e. The predicted octanol–water partition coefficient (Wildman–Crippen LogP) is 5.10. The maximum Gasteiger partial charge on any atom is 0.372 e. The van der Waals surface area contributed by atoms with Gasteiger partial charge >= 0.3 is 11.2 Å². The molecule has 32 nitrogen and oxygen atoms in total. The van der Waals surface area contributed by atoms with Crippen LogP contribution >= 0.6 is 73.7 Å². The molecule has 0 fully saturated rings. The van der Waals surface area contributed by atoms with Crippen LogP contribution in [-0.4, -0.2) is 153 Å². The number of nitrogens with zero attached hydrogens (tertiary/aromatic N) is 7. The Morgan fingerprint density at radius 1 is 0.711 bits per heavy atom. The van der Waals surface area contributed by atoms with Gasteiger partial charge < -0.3 is 84.2 Å². The number of carboxylic acid groups (broad SMARTS) is 1. The van der Waals surface area contributed by atoms with Crippen LogP contribution in [0.2, 0.25) is 10.3 Å². The van der Waals surface area contributed by atoms with Crippen molar-refractivity contribution in [3.63, 3.8) is 0 Å². The normalized spacial score (nSPS) is 10.1. The Morgan fingerprint density at radius 2 is 1.11 bits per heavy atom. The van der Waals surface area contributed by atoms with Crippen molar-refractivity contribution >= 4 is 151 Å². The van der Waals surface area contributed by atoms with E-state index in [4.69, 9.17) is 88.3 Å². The minimum Gasteiger partial charge on any atom is -0.497 e. The number of carbonyl (C=O) groups excluding carboxylic acids is 4. The van der Waals surface area contributed by atoms with Gasteiger partial charge in [0.2, 0.25) is 23.4 Å². The van der Waals surface area contributed by atoms with Crippen molar-refractivity contribution in [1.29, 1.82) is 21.6 Å². The molecule has 452 valence electrons. The maximum absolute atomic E-state index is 12.3. The summed E-state index contributed by atoms with van der Waals surface area (Å²) in [5.41, 5.74) is 10.9. The van der Waals surface area contributed by atoms with Gasteiger partial charge in [0.15, 0.2) is 11.6 Å². The van der Waals surface area contributed by atoms with Gasteiger partial charge in [0.05, 0.1) is 42.0 Å². The van der Waals surface area contributed by atoms with E-state index >= 15 is 0 Å². The van der Waals surface area contributed by atoms with Crippen LogP contribution in [0.1, 0.15) is 91.6 Å². The second kappa shape index (κ2) is 37.6. The van der Waals surface area contributed by atoms with E-state index in [1.165, 1.54) is 35.1 Å². The molecule has 0 spiro atoms. The summed E-state index contributed by atoms with van der Waals surface area (Å²) in [7, 11) is 10.9. The number of nitrogens with one attached hydrogen (secondary N) is 11. The van der Waals surface area contributed by atoms with Gasteiger partial charge in [0.1, 0.15) is 50.9 Å². The molecule has 0 aliphatic rings. The number of rotatable bonds is 18. The molecule has 39 heteroatoms. The van der Waals surface area contributed by atoms with Crippen LogP contribution in [0.5, 0.6) is 11.5 Å². The molecular formula is C44H58Cl6N21O11P. The van der Waals surface area contributed by atoms with Crippen molar-refractivity contribution in [1.82, 2.24) is 50.2 Å². The SMILES string of the molecule is C.C/C(C(N)=O)=C(/N)N(C)N.CNc1nc(C(=O)Cl)nc(Cl)c1C=N.CNc1nc(C(=O)NCc2ccc(OC)cc2OC)nc(Cl)c1C=N.CNc1nc(C(=O)O)[nH]c(=O)c1C=N.CNc1nc(C(C)=O)[nH]c(=O)c1C=N.O=P(Cl)(Cl)Cl. The van der Waals surface area contributed by atoms with E-state index in [-0.39, 0.29) is 81.7 Å². The Kier molecular flexibility index (Phi) is 34.8. The number of ketones is 1. The summed E-state index contributed by atoms with van der Waals surface area (Å²) in [6, 6.07) is 5.30. The molecule has 0 unspecified atom stereocenters. The fourth-order valence-electron chi connectivity index (χ4n) is 5.24. The monoisotopic (exact) mass is 1300 g/mol. The molecule has 2 amide bonds. The van der Waals surface area contributed by atoms with Crippen molar-refractivity contribution in [3.8, 4) is 11.5 Å². The van der Waals surface area contributed by atoms with Crippen molar-refractivity contribution < 1.29 is 43.1 Å². The van der Waals surface area contributed by atoms with Gasteiger partial charge in [-0.2, -0.15) is 0 Å². The average Bonchev–Trinajstić information content (AvgIpc) is 3.50. The summed E-state index contributed by atoms with van der Waals surface area (Å²) < 4.78 is 19.9. The fraction of sp³-hybridized carbons (Fsp3) is 0.250. The van der Waals surface area contributed by atoms with Gasteiger partial charge in [0, 0.05) is 85.2 Å². The highest BCUT2D eigenvalue weighted by Crippen LogP contribution is 2.61. The van der Waals surface area contributed by atoms with Crippen LogP contribution in [0.3, 0.4) is 0 Å². The van der Waals surface area contributed by atoms with Crippen molar-refractivity contribution in [3.05, 3.63) is 112 Å². The summed E-state index contributed by atoms with van der Waals surface area (Å²) in [6.45, 7) is 3.04. The van der Waals surface area contributed by atoms with Crippen LogP contribution < -0.4 is 64.5 Å². The maximum atomic E-state index is 12.3. The highest BCUT2D eigenvalue weighted by molar-refractivity contribution is 8.24. The zero-order chi connectivity index (χ0) is 63.4. The number of amides is 2. The number of anilines is 4. The van der Waals surface area contributed by atoms with Crippen LogP contribution in [0.4, 0.5) is 23.3 Å². The lowest BCUT2D eigenvalue weighted by Gasteiger charge is -2.13. The number of halogens is 6. The van der Waals surface area contributed by atoms with Gasteiger partial charge in [-0.05, 0) is 64.4 Å². The number of nitrogens with two attached hydrogens (primary N) is 3. The van der Waals surface area contributed by atoms with Crippen molar-refractivity contribution in [2.45, 2.75) is 27.8 Å². The lowest BCUT2D eigenvalue weighted by Crippen LogP contribution is -2.33. The average molecular weight is 1300 g/mol. The number of primary amides is 1. The smallest absolute Gasteiger partial charge is 0.372 e. The fourth-order valence-corrected chi connectivity index (χ4v) is 5.77. The summed E-state index contributed by atoms with van der Waals surface area (Å²) >= 11 is 30.7. The molecule has 0 aliphatic heterocycles. The molecule has 4 heterocycles. The Morgan fingerprint density at radius 3 is 1.45 bits per heavy atom.